The van der Waals surface area contributed by atoms with Gasteiger partial charge < -0.3 is 25.4 Å². The minimum atomic E-state index is -1.30. The van der Waals surface area contributed by atoms with Gasteiger partial charge in [-0.1, -0.05) is 73.3 Å². The third kappa shape index (κ3) is 9.03. The van der Waals surface area contributed by atoms with Crippen LogP contribution in [0.15, 0.2) is 42.5 Å². The van der Waals surface area contributed by atoms with E-state index in [2.05, 4.69) is 10.6 Å². The Morgan fingerprint density at radius 2 is 1.71 bits per heavy atom. The predicted octanol–water partition coefficient (Wildman–Crippen LogP) is 5.54. The van der Waals surface area contributed by atoms with Crippen molar-refractivity contribution in [2.24, 2.45) is 0 Å². The van der Waals surface area contributed by atoms with Crippen molar-refractivity contribution >= 4 is 35.2 Å². The number of halogens is 1. The number of ether oxygens (including phenoxy) is 1. The van der Waals surface area contributed by atoms with E-state index in [1.807, 2.05) is 39.0 Å². The van der Waals surface area contributed by atoms with Gasteiger partial charge in [-0.2, -0.15) is 0 Å². The normalized spacial score (nSPS) is 12.8. The number of aliphatic hydroxyl groups is 1. The number of para-hydroxylation sites is 1. The first kappa shape index (κ1) is 31.1. The zero-order valence-corrected chi connectivity index (χ0v) is 23.9. The van der Waals surface area contributed by atoms with Crippen LogP contribution in [0.2, 0.25) is 5.02 Å². The van der Waals surface area contributed by atoms with Crippen molar-refractivity contribution in [3.8, 4) is 0 Å². The molecule has 0 aliphatic rings. The lowest BCUT2D eigenvalue weighted by Gasteiger charge is -2.34. The number of benzene rings is 2. The molecule has 0 spiro atoms. The number of hydrogen-bond acceptors (Lipinski definition) is 5. The summed E-state index contributed by atoms with van der Waals surface area (Å²) >= 11 is 6.38. The average molecular weight is 546 g/mol. The molecule has 0 heterocycles. The van der Waals surface area contributed by atoms with Gasteiger partial charge in [-0.3, -0.25) is 9.59 Å². The quantitative estimate of drug-likeness (QED) is 0.321. The standard InChI is InChI=1S/C29H40ClN3O5/c1-7-8-9-17-33(27(36)23(18-34)31-28(37)38-29(4,5)6)25(21-15-13-19(2)14-16-21)26(35)32-24-20(3)11-10-12-22(24)30/h10-16,23,25,34H,7-9,17-18H2,1-6H3,(H,31,37)(H,32,35). The number of carbonyl (C=O) groups is 3. The monoisotopic (exact) mass is 545 g/mol. The van der Waals surface area contributed by atoms with Gasteiger partial charge in [0.25, 0.3) is 5.91 Å². The van der Waals surface area contributed by atoms with Crippen molar-refractivity contribution in [2.45, 2.75) is 78.5 Å². The van der Waals surface area contributed by atoms with Crippen LogP contribution in [-0.4, -0.2) is 52.7 Å². The van der Waals surface area contributed by atoms with Gasteiger partial charge in [0.15, 0.2) is 0 Å². The van der Waals surface area contributed by atoms with Crippen LogP contribution < -0.4 is 10.6 Å². The second-order valence-corrected chi connectivity index (χ2v) is 10.8. The Kier molecular flexibility index (Phi) is 11.6. The summed E-state index contributed by atoms with van der Waals surface area (Å²) in [5.41, 5.74) is 2.04. The van der Waals surface area contributed by atoms with Crippen molar-refractivity contribution < 1.29 is 24.2 Å². The third-order valence-electron chi connectivity index (χ3n) is 5.88. The van der Waals surface area contributed by atoms with E-state index in [4.69, 9.17) is 16.3 Å². The number of aliphatic hydroxyl groups excluding tert-OH is 1. The highest BCUT2D eigenvalue weighted by atomic mass is 35.5. The number of alkyl carbamates (subject to hydrolysis) is 1. The number of anilines is 1. The number of rotatable bonds is 11. The van der Waals surface area contributed by atoms with Crippen LogP contribution in [-0.2, 0) is 14.3 Å². The molecule has 2 rings (SSSR count). The molecular formula is C29H40ClN3O5. The first-order valence-corrected chi connectivity index (χ1v) is 13.3. The average Bonchev–Trinajstić information content (AvgIpc) is 2.84. The lowest BCUT2D eigenvalue weighted by atomic mass is 10.0. The first-order chi connectivity index (χ1) is 17.9. The zero-order valence-electron chi connectivity index (χ0n) is 23.1. The molecule has 0 radical (unpaired) electrons. The summed E-state index contributed by atoms with van der Waals surface area (Å²) in [5.74, 6) is -1.05. The van der Waals surface area contributed by atoms with Crippen molar-refractivity contribution in [1.82, 2.24) is 10.2 Å². The number of nitrogens with zero attached hydrogens (tertiary/aromatic N) is 1. The molecule has 3 N–H and O–H groups in total. The molecule has 2 unspecified atom stereocenters. The highest BCUT2D eigenvalue weighted by molar-refractivity contribution is 6.34. The molecule has 0 saturated carbocycles. The van der Waals surface area contributed by atoms with Crippen LogP contribution >= 0.6 is 11.6 Å². The van der Waals surface area contributed by atoms with E-state index in [9.17, 15) is 19.5 Å². The molecule has 0 aliphatic heterocycles. The Hall–Kier alpha value is -3.10. The molecular weight excluding hydrogens is 506 g/mol. The van der Waals surface area contributed by atoms with Gasteiger partial charge in [0.1, 0.15) is 17.7 Å². The SMILES string of the molecule is CCCCCN(C(=O)C(CO)NC(=O)OC(C)(C)C)C(C(=O)Nc1c(C)cccc1Cl)c1ccc(C)cc1. The Labute approximate surface area is 230 Å². The molecule has 208 valence electrons. The Morgan fingerprint density at radius 1 is 1.05 bits per heavy atom. The van der Waals surface area contributed by atoms with Gasteiger partial charge in [-0.25, -0.2) is 4.79 Å². The van der Waals surface area contributed by atoms with Gasteiger partial charge in [0.2, 0.25) is 5.91 Å². The number of unbranched alkanes of at least 4 members (excludes halogenated alkanes) is 2. The van der Waals surface area contributed by atoms with Crippen LogP contribution in [0, 0.1) is 13.8 Å². The van der Waals surface area contributed by atoms with Crippen molar-refractivity contribution in [3.63, 3.8) is 0 Å². The smallest absolute Gasteiger partial charge is 0.408 e. The fourth-order valence-corrected chi connectivity index (χ4v) is 4.21. The molecule has 0 fully saturated rings. The number of nitrogens with one attached hydrogen (secondary N) is 2. The lowest BCUT2D eigenvalue weighted by molar-refractivity contribution is -0.141. The molecule has 0 saturated heterocycles. The molecule has 2 aromatic carbocycles. The van der Waals surface area contributed by atoms with Crippen LogP contribution in [0.1, 0.15) is 69.7 Å². The fraction of sp³-hybridized carbons (Fsp3) is 0.483. The largest absolute Gasteiger partial charge is 0.444 e. The van der Waals surface area contributed by atoms with E-state index >= 15 is 0 Å². The summed E-state index contributed by atoms with van der Waals surface area (Å²) in [6.45, 7) is 10.5. The summed E-state index contributed by atoms with van der Waals surface area (Å²) < 4.78 is 5.28. The summed E-state index contributed by atoms with van der Waals surface area (Å²) in [7, 11) is 0. The lowest BCUT2D eigenvalue weighted by Crippen LogP contribution is -2.54. The number of amides is 3. The van der Waals surface area contributed by atoms with E-state index in [1.54, 1.807) is 45.0 Å². The molecule has 38 heavy (non-hydrogen) atoms. The maximum absolute atomic E-state index is 13.9. The third-order valence-corrected chi connectivity index (χ3v) is 6.20. The highest BCUT2D eigenvalue weighted by Gasteiger charge is 2.36. The van der Waals surface area contributed by atoms with Crippen molar-refractivity contribution in [3.05, 3.63) is 64.2 Å². The fourth-order valence-electron chi connectivity index (χ4n) is 3.94. The van der Waals surface area contributed by atoms with Crippen LogP contribution in [0.3, 0.4) is 0 Å². The topological polar surface area (TPSA) is 108 Å². The second kappa shape index (κ2) is 14.2. The minimum absolute atomic E-state index is 0.243. The summed E-state index contributed by atoms with van der Waals surface area (Å²) in [5, 5.41) is 15.8. The zero-order chi connectivity index (χ0) is 28.5. The van der Waals surface area contributed by atoms with Crippen molar-refractivity contribution in [1.29, 1.82) is 0 Å². The van der Waals surface area contributed by atoms with E-state index in [0.717, 1.165) is 24.0 Å². The van der Waals surface area contributed by atoms with Gasteiger partial charge >= 0.3 is 6.09 Å². The summed E-state index contributed by atoms with van der Waals surface area (Å²) in [6.07, 6.45) is 1.54. The first-order valence-electron chi connectivity index (χ1n) is 12.9. The highest BCUT2D eigenvalue weighted by Crippen LogP contribution is 2.30. The molecule has 3 amide bonds. The summed E-state index contributed by atoms with van der Waals surface area (Å²) in [4.78, 5) is 41.5. The Morgan fingerprint density at radius 3 is 2.26 bits per heavy atom. The van der Waals surface area contributed by atoms with E-state index in [-0.39, 0.29) is 6.54 Å². The molecule has 8 nitrogen and oxygen atoms in total. The minimum Gasteiger partial charge on any atom is -0.444 e. The summed E-state index contributed by atoms with van der Waals surface area (Å²) in [6, 6.07) is 10.3. The molecule has 2 atom stereocenters. The second-order valence-electron chi connectivity index (χ2n) is 10.4. The van der Waals surface area contributed by atoms with Crippen LogP contribution in [0.4, 0.5) is 10.5 Å². The molecule has 0 bridgehead atoms. The molecule has 2 aromatic rings. The predicted molar refractivity (Wildman–Crippen MR) is 150 cm³/mol. The van der Waals surface area contributed by atoms with Crippen molar-refractivity contribution in [2.75, 3.05) is 18.5 Å². The number of carbonyl (C=O) groups excluding carboxylic acids is 3. The van der Waals surface area contributed by atoms with Gasteiger partial charge in [-0.15, -0.1) is 0 Å². The van der Waals surface area contributed by atoms with Gasteiger partial charge in [0, 0.05) is 6.54 Å². The van der Waals surface area contributed by atoms with Gasteiger partial charge in [-0.05, 0) is 58.2 Å². The molecule has 9 heteroatoms. The van der Waals surface area contributed by atoms with E-state index < -0.39 is 42.2 Å². The molecule has 0 aromatic heterocycles. The van der Waals surface area contributed by atoms with Gasteiger partial charge in [0.05, 0.1) is 17.3 Å². The maximum Gasteiger partial charge on any atom is 0.408 e. The van der Waals surface area contributed by atoms with E-state index in [1.165, 1.54) is 4.90 Å². The Bertz CT molecular complexity index is 1080. The number of hydrogen-bond donors (Lipinski definition) is 3. The number of aryl methyl sites for hydroxylation is 2. The molecule has 0 aliphatic carbocycles. The van der Waals surface area contributed by atoms with E-state index in [0.29, 0.717) is 22.7 Å². The maximum atomic E-state index is 13.9. The van der Waals surface area contributed by atoms with Crippen LogP contribution in [0.5, 0.6) is 0 Å². The van der Waals surface area contributed by atoms with Crippen LogP contribution in [0.25, 0.3) is 0 Å². The Balaban J connectivity index is 2.50.